The second-order valence-electron chi connectivity index (χ2n) is 6.43. The summed E-state index contributed by atoms with van der Waals surface area (Å²) in [5.41, 5.74) is 1.03. The number of nitrogens with one attached hydrogen (secondary N) is 1. The van der Waals surface area contributed by atoms with Crippen LogP contribution >= 0.6 is 0 Å². The molecule has 0 radical (unpaired) electrons. The normalized spacial score (nSPS) is 16.4. The van der Waals surface area contributed by atoms with Crippen molar-refractivity contribution in [2.75, 3.05) is 5.32 Å². The first-order chi connectivity index (χ1) is 9.25. The van der Waals surface area contributed by atoms with Crippen LogP contribution in [-0.4, -0.2) is 23.0 Å². The van der Waals surface area contributed by atoms with Crippen molar-refractivity contribution in [3.63, 3.8) is 0 Å². The summed E-state index contributed by atoms with van der Waals surface area (Å²) in [5.74, 6) is 0. The van der Waals surface area contributed by atoms with E-state index in [1.54, 1.807) is 33.0 Å². The Kier molecular flexibility index (Phi) is 3.54. The van der Waals surface area contributed by atoms with Gasteiger partial charge in [-0.05, 0) is 39.7 Å². The van der Waals surface area contributed by atoms with Crippen LogP contribution in [0, 0.1) is 0 Å². The van der Waals surface area contributed by atoms with Gasteiger partial charge < -0.3 is 4.74 Å². The van der Waals surface area contributed by atoms with Gasteiger partial charge in [-0.15, -0.1) is 0 Å². The molecule has 5 nitrogen and oxygen atoms in total. The third kappa shape index (κ3) is 3.15. The van der Waals surface area contributed by atoms with Gasteiger partial charge in [0.25, 0.3) is 0 Å². The zero-order valence-corrected chi connectivity index (χ0v) is 12.3. The van der Waals surface area contributed by atoms with E-state index in [0.717, 1.165) is 24.8 Å². The molecule has 1 heterocycles. The minimum absolute atomic E-state index is 0.0398. The first-order valence-corrected chi connectivity index (χ1v) is 6.70. The van der Waals surface area contributed by atoms with E-state index in [1.807, 2.05) is 0 Å². The zero-order chi connectivity index (χ0) is 15.0. The van der Waals surface area contributed by atoms with Crippen LogP contribution in [0.25, 0.3) is 0 Å². The predicted octanol–water partition coefficient (Wildman–Crippen LogP) is 3.29. The van der Waals surface area contributed by atoms with E-state index in [4.69, 9.17) is 4.74 Å². The van der Waals surface area contributed by atoms with Crippen molar-refractivity contribution in [2.24, 2.45) is 0 Å². The SMILES string of the molecule is CC(C)(C)OC(=O)Nc1ccnc(C2(C)CC2)c1C=O. The van der Waals surface area contributed by atoms with E-state index in [1.165, 1.54) is 0 Å². The van der Waals surface area contributed by atoms with Crippen molar-refractivity contribution >= 4 is 18.1 Å². The maximum absolute atomic E-state index is 11.8. The first kappa shape index (κ1) is 14.5. The number of aldehydes is 1. The molecule has 1 aromatic rings. The monoisotopic (exact) mass is 276 g/mol. The highest BCUT2D eigenvalue weighted by Crippen LogP contribution is 2.48. The summed E-state index contributed by atoms with van der Waals surface area (Å²) >= 11 is 0. The molecule has 5 heteroatoms. The van der Waals surface area contributed by atoms with E-state index in [-0.39, 0.29) is 5.41 Å². The van der Waals surface area contributed by atoms with Gasteiger partial charge in [-0.25, -0.2) is 4.79 Å². The summed E-state index contributed by atoms with van der Waals surface area (Å²) in [6, 6.07) is 1.61. The highest BCUT2D eigenvalue weighted by atomic mass is 16.6. The Labute approximate surface area is 118 Å². The quantitative estimate of drug-likeness (QED) is 0.860. The number of carbonyl (C=O) groups is 2. The van der Waals surface area contributed by atoms with Gasteiger partial charge >= 0.3 is 6.09 Å². The lowest BCUT2D eigenvalue weighted by molar-refractivity contribution is 0.0636. The molecule has 0 atom stereocenters. The van der Waals surface area contributed by atoms with E-state index >= 15 is 0 Å². The second-order valence-corrected chi connectivity index (χ2v) is 6.43. The average molecular weight is 276 g/mol. The average Bonchev–Trinajstić information content (AvgIpc) is 3.05. The van der Waals surface area contributed by atoms with Crippen molar-refractivity contribution in [3.8, 4) is 0 Å². The van der Waals surface area contributed by atoms with Crippen molar-refractivity contribution in [3.05, 3.63) is 23.5 Å². The Morgan fingerprint density at radius 2 is 2.10 bits per heavy atom. The molecule has 20 heavy (non-hydrogen) atoms. The van der Waals surface area contributed by atoms with Crippen molar-refractivity contribution in [1.29, 1.82) is 0 Å². The maximum atomic E-state index is 11.8. The summed E-state index contributed by atoms with van der Waals surface area (Å²) in [7, 11) is 0. The lowest BCUT2D eigenvalue weighted by atomic mass is 9.99. The summed E-state index contributed by atoms with van der Waals surface area (Å²) in [4.78, 5) is 27.5. The van der Waals surface area contributed by atoms with Crippen LogP contribution in [0.1, 0.15) is 56.6 Å². The number of hydrogen-bond donors (Lipinski definition) is 1. The standard InChI is InChI=1S/C15H20N2O3/c1-14(2,3)20-13(19)17-11-5-8-16-12(10(11)9-18)15(4)6-7-15/h5,8-9H,6-7H2,1-4H3,(H,16,17,19). The third-order valence-corrected chi connectivity index (χ3v) is 3.32. The van der Waals surface area contributed by atoms with Crippen LogP contribution in [0.15, 0.2) is 12.3 Å². The number of anilines is 1. The molecule has 1 saturated carbocycles. The number of rotatable bonds is 3. The molecule has 0 bridgehead atoms. The highest BCUT2D eigenvalue weighted by Gasteiger charge is 2.42. The zero-order valence-electron chi connectivity index (χ0n) is 12.3. The first-order valence-electron chi connectivity index (χ1n) is 6.70. The molecule has 1 N–H and O–H groups in total. The smallest absolute Gasteiger partial charge is 0.412 e. The number of hydrogen-bond acceptors (Lipinski definition) is 4. The number of nitrogens with zero attached hydrogens (tertiary/aromatic N) is 1. The fourth-order valence-corrected chi connectivity index (χ4v) is 2.02. The van der Waals surface area contributed by atoms with Gasteiger partial charge in [-0.2, -0.15) is 0 Å². The second kappa shape index (κ2) is 4.89. The molecule has 0 aromatic carbocycles. The van der Waals surface area contributed by atoms with Crippen LogP contribution < -0.4 is 5.32 Å². The molecule has 0 unspecified atom stereocenters. The van der Waals surface area contributed by atoms with Gasteiger partial charge in [0.15, 0.2) is 6.29 Å². The Morgan fingerprint density at radius 1 is 1.45 bits per heavy atom. The lowest BCUT2D eigenvalue weighted by Gasteiger charge is -2.20. The van der Waals surface area contributed by atoms with E-state index in [2.05, 4.69) is 17.2 Å². The summed E-state index contributed by atoms with van der Waals surface area (Å²) in [5, 5.41) is 2.63. The molecule has 1 aliphatic carbocycles. The minimum atomic E-state index is -0.580. The van der Waals surface area contributed by atoms with E-state index in [0.29, 0.717) is 11.3 Å². The van der Waals surface area contributed by atoms with E-state index < -0.39 is 11.7 Å². The van der Waals surface area contributed by atoms with Gasteiger partial charge in [0.05, 0.1) is 16.9 Å². The summed E-state index contributed by atoms with van der Waals surface area (Å²) in [6.45, 7) is 7.43. The predicted molar refractivity (Wildman–Crippen MR) is 76.1 cm³/mol. The molecule has 1 aliphatic rings. The largest absolute Gasteiger partial charge is 0.444 e. The molecule has 0 spiro atoms. The van der Waals surface area contributed by atoms with Crippen molar-refractivity contribution in [1.82, 2.24) is 4.98 Å². The number of carbonyl (C=O) groups excluding carboxylic acids is 2. The van der Waals surface area contributed by atoms with Crippen molar-refractivity contribution in [2.45, 2.75) is 51.6 Å². The van der Waals surface area contributed by atoms with Gasteiger partial charge in [-0.1, -0.05) is 6.92 Å². The van der Waals surface area contributed by atoms with Gasteiger partial charge in [0.2, 0.25) is 0 Å². The number of ether oxygens (including phenoxy) is 1. The Balaban J connectivity index is 2.24. The van der Waals surface area contributed by atoms with Gasteiger partial charge in [-0.3, -0.25) is 15.1 Å². The maximum Gasteiger partial charge on any atom is 0.412 e. The summed E-state index contributed by atoms with van der Waals surface area (Å²) in [6.07, 6.45) is 3.81. The number of amides is 1. The van der Waals surface area contributed by atoms with Crippen LogP contribution in [-0.2, 0) is 10.2 Å². The Bertz CT molecular complexity index is 543. The van der Waals surface area contributed by atoms with Gasteiger partial charge in [0, 0.05) is 11.6 Å². The van der Waals surface area contributed by atoms with Crippen molar-refractivity contribution < 1.29 is 14.3 Å². The molecule has 1 fully saturated rings. The molecule has 0 saturated heterocycles. The Morgan fingerprint density at radius 3 is 2.60 bits per heavy atom. The van der Waals surface area contributed by atoms with Gasteiger partial charge in [0.1, 0.15) is 5.60 Å². The fourth-order valence-electron chi connectivity index (χ4n) is 2.02. The minimum Gasteiger partial charge on any atom is -0.444 e. The third-order valence-electron chi connectivity index (χ3n) is 3.32. The number of aromatic nitrogens is 1. The molecule has 1 amide bonds. The number of pyridine rings is 1. The van der Waals surface area contributed by atoms with Crippen LogP contribution in [0.5, 0.6) is 0 Å². The topological polar surface area (TPSA) is 68.3 Å². The lowest BCUT2D eigenvalue weighted by Crippen LogP contribution is -2.27. The Hall–Kier alpha value is -1.91. The fraction of sp³-hybridized carbons (Fsp3) is 0.533. The van der Waals surface area contributed by atoms with Crippen LogP contribution in [0.4, 0.5) is 10.5 Å². The van der Waals surface area contributed by atoms with Crippen LogP contribution in [0.3, 0.4) is 0 Å². The highest BCUT2D eigenvalue weighted by molar-refractivity contribution is 5.94. The molecular formula is C15H20N2O3. The molecular weight excluding hydrogens is 256 g/mol. The van der Waals surface area contributed by atoms with E-state index in [9.17, 15) is 9.59 Å². The van der Waals surface area contributed by atoms with Crippen LogP contribution in [0.2, 0.25) is 0 Å². The molecule has 0 aliphatic heterocycles. The molecule has 2 rings (SSSR count). The summed E-state index contributed by atoms with van der Waals surface area (Å²) < 4.78 is 5.20. The molecule has 1 aromatic heterocycles. The molecule has 108 valence electrons.